The summed E-state index contributed by atoms with van der Waals surface area (Å²) in [6.45, 7) is 2.56. The van der Waals surface area contributed by atoms with Crippen molar-refractivity contribution in [3.63, 3.8) is 0 Å². The summed E-state index contributed by atoms with van der Waals surface area (Å²) < 4.78 is 27.4. The molecule has 34 heavy (non-hydrogen) atoms. The molecular formula is C22H28O12. The average molecular weight is 484 g/mol. The second-order valence-corrected chi connectivity index (χ2v) is 8.51. The van der Waals surface area contributed by atoms with Gasteiger partial charge in [-0.2, -0.15) is 0 Å². The maximum atomic E-state index is 11.7. The number of rotatable bonds is 5. The SMILES string of the molecule is Cc1cc(=O)oc2cc(O[C@H]3O[C@@H](CO)[C@H](O)[C@@H](O[C@@H]4O[C@H](C)[C@@H](O)[C@@H](O)[C@@H]4O)[C@@H]3O)ccc12. The van der Waals surface area contributed by atoms with Crippen LogP contribution in [0.1, 0.15) is 12.5 Å². The lowest BCUT2D eigenvalue weighted by molar-refractivity contribution is -0.349. The van der Waals surface area contributed by atoms with Crippen molar-refractivity contribution in [1.29, 1.82) is 0 Å². The van der Waals surface area contributed by atoms with Gasteiger partial charge in [-0.1, -0.05) is 0 Å². The van der Waals surface area contributed by atoms with Gasteiger partial charge in [-0.05, 0) is 31.5 Å². The first-order valence-corrected chi connectivity index (χ1v) is 10.8. The zero-order valence-electron chi connectivity index (χ0n) is 18.4. The zero-order valence-corrected chi connectivity index (χ0v) is 18.4. The Balaban J connectivity index is 1.56. The number of aliphatic hydroxyl groups excluding tert-OH is 6. The summed E-state index contributed by atoms with van der Waals surface area (Å²) in [6, 6.07) is 6.01. The Labute approximate surface area is 193 Å². The molecule has 0 radical (unpaired) electrons. The molecule has 0 amide bonds. The van der Waals surface area contributed by atoms with Crippen LogP contribution in [0.25, 0.3) is 11.0 Å². The van der Waals surface area contributed by atoms with E-state index < -0.39 is 73.6 Å². The Morgan fingerprint density at radius 3 is 2.35 bits per heavy atom. The van der Waals surface area contributed by atoms with E-state index in [2.05, 4.69) is 0 Å². The lowest BCUT2D eigenvalue weighted by Crippen LogP contribution is -2.64. The van der Waals surface area contributed by atoms with Crippen molar-refractivity contribution in [2.45, 2.75) is 75.3 Å². The van der Waals surface area contributed by atoms with E-state index in [4.69, 9.17) is 23.4 Å². The molecule has 10 atom stereocenters. The van der Waals surface area contributed by atoms with Crippen LogP contribution in [-0.4, -0.2) is 98.7 Å². The fraction of sp³-hybridized carbons (Fsp3) is 0.591. The highest BCUT2D eigenvalue weighted by Crippen LogP contribution is 2.31. The standard InChI is InChI=1S/C22H28O12/c1-8-5-14(24)32-12-6-10(3-4-11(8)12)31-22-19(29)20(16(26)13(7-23)33-22)34-21-18(28)17(27)15(25)9(2)30-21/h3-6,9,13,15-23,25-29H,7H2,1-2H3/t9-,13+,15-,16+,17-,18+,19+,20-,21+,22+/m1/s1. The lowest BCUT2D eigenvalue weighted by atomic mass is 9.97. The Bertz CT molecular complexity index is 1060. The van der Waals surface area contributed by atoms with Crippen molar-refractivity contribution in [2.75, 3.05) is 6.61 Å². The molecule has 0 unspecified atom stereocenters. The van der Waals surface area contributed by atoms with Gasteiger partial charge in [0.25, 0.3) is 0 Å². The van der Waals surface area contributed by atoms with Crippen LogP contribution in [0.4, 0.5) is 0 Å². The monoisotopic (exact) mass is 484 g/mol. The summed E-state index contributed by atoms with van der Waals surface area (Å²) in [5.41, 5.74) is 0.413. The molecule has 3 heterocycles. The van der Waals surface area contributed by atoms with Crippen molar-refractivity contribution in [3.05, 3.63) is 40.2 Å². The van der Waals surface area contributed by atoms with Crippen LogP contribution in [0.2, 0.25) is 0 Å². The lowest BCUT2D eigenvalue weighted by Gasteiger charge is -2.45. The summed E-state index contributed by atoms with van der Waals surface area (Å²) in [7, 11) is 0. The topological polar surface area (TPSA) is 189 Å². The van der Waals surface area contributed by atoms with E-state index in [0.717, 1.165) is 0 Å². The zero-order chi connectivity index (χ0) is 24.7. The highest BCUT2D eigenvalue weighted by Gasteiger charge is 2.50. The molecule has 1 aromatic carbocycles. The predicted molar refractivity (Wildman–Crippen MR) is 113 cm³/mol. The summed E-state index contributed by atoms with van der Waals surface area (Å²) in [5, 5.41) is 61.8. The van der Waals surface area contributed by atoms with Gasteiger partial charge in [0.05, 0.1) is 12.7 Å². The quantitative estimate of drug-likeness (QED) is 0.260. The molecular weight excluding hydrogens is 456 g/mol. The molecule has 1 aromatic heterocycles. The maximum Gasteiger partial charge on any atom is 0.336 e. The first-order valence-electron chi connectivity index (χ1n) is 10.8. The number of hydrogen-bond acceptors (Lipinski definition) is 12. The fourth-order valence-electron chi connectivity index (χ4n) is 4.10. The predicted octanol–water partition coefficient (Wildman–Crippen LogP) is -1.87. The third-order valence-corrected chi connectivity index (χ3v) is 6.10. The molecule has 2 aliphatic rings. The third-order valence-electron chi connectivity index (χ3n) is 6.10. The molecule has 2 saturated heterocycles. The average Bonchev–Trinajstić information content (AvgIpc) is 2.79. The van der Waals surface area contributed by atoms with Gasteiger partial charge in [0.2, 0.25) is 6.29 Å². The first kappa shape index (κ1) is 25.0. The van der Waals surface area contributed by atoms with Gasteiger partial charge in [0.15, 0.2) is 6.29 Å². The number of hydrogen-bond donors (Lipinski definition) is 6. The van der Waals surface area contributed by atoms with Crippen LogP contribution in [0.5, 0.6) is 5.75 Å². The van der Waals surface area contributed by atoms with Crippen molar-refractivity contribution in [2.24, 2.45) is 0 Å². The minimum atomic E-state index is -1.67. The first-order chi connectivity index (χ1) is 16.1. The summed E-state index contributed by atoms with van der Waals surface area (Å²) in [6.07, 6.45) is -14.3. The van der Waals surface area contributed by atoms with Crippen LogP contribution in [0, 0.1) is 6.92 Å². The Morgan fingerprint density at radius 1 is 0.912 bits per heavy atom. The molecule has 12 heteroatoms. The van der Waals surface area contributed by atoms with E-state index in [1.54, 1.807) is 19.1 Å². The van der Waals surface area contributed by atoms with Crippen molar-refractivity contribution in [3.8, 4) is 5.75 Å². The largest absolute Gasteiger partial charge is 0.462 e. The number of ether oxygens (including phenoxy) is 4. The Kier molecular flexibility index (Phi) is 7.24. The van der Waals surface area contributed by atoms with Gasteiger partial charge in [0.1, 0.15) is 54.1 Å². The van der Waals surface area contributed by atoms with Gasteiger partial charge in [-0.3, -0.25) is 0 Å². The fourth-order valence-corrected chi connectivity index (χ4v) is 4.10. The van der Waals surface area contributed by atoms with Crippen LogP contribution in [-0.2, 0) is 14.2 Å². The van der Waals surface area contributed by atoms with Gasteiger partial charge < -0.3 is 54.0 Å². The highest BCUT2D eigenvalue weighted by atomic mass is 16.7. The van der Waals surface area contributed by atoms with Crippen LogP contribution in [0.3, 0.4) is 0 Å². The second kappa shape index (κ2) is 9.85. The van der Waals surface area contributed by atoms with Crippen molar-refractivity contribution in [1.82, 2.24) is 0 Å². The van der Waals surface area contributed by atoms with Crippen LogP contribution >= 0.6 is 0 Å². The van der Waals surface area contributed by atoms with Gasteiger partial charge in [0, 0.05) is 17.5 Å². The molecule has 4 rings (SSSR count). The molecule has 0 spiro atoms. The highest BCUT2D eigenvalue weighted by molar-refractivity contribution is 5.81. The molecule has 2 aliphatic heterocycles. The van der Waals surface area contributed by atoms with E-state index in [0.29, 0.717) is 10.9 Å². The second-order valence-electron chi connectivity index (χ2n) is 8.51. The number of aryl methyl sites for hydroxylation is 1. The summed E-state index contributed by atoms with van der Waals surface area (Å²) in [4.78, 5) is 11.7. The molecule has 6 N–H and O–H groups in total. The van der Waals surface area contributed by atoms with Crippen molar-refractivity contribution < 1.29 is 54.0 Å². The Morgan fingerprint density at radius 2 is 1.65 bits per heavy atom. The molecule has 0 saturated carbocycles. The smallest absolute Gasteiger partial charge is 0.336 e. The number of fused-ring (bicyclic) bond motifs is 1. The minimum absolute atomic E-state index is 0.165. The molecule has 0 aliphatic carbocycles. The molecule has 188 valence electrons. The van der Waals surface area contributed by atoms with E-state index in [-0.39, 0.29) is 11.3 Å². The van der Waals surface area contributed by atoms with Gasteiger partial charge in [-0.25, -0.2) is 4.79 Å². The van der Waals surface area contributed by atoms with E-state index in [1.165, 1.54) is 19.1 Å². The third kappa shape index (κ3) is 4.69. The molecule has 2 fully saturated rings. The van der Waals surface area contributed by atoms with E-state index >= 15 is 0 Å². The number of aliphatic hydroxyl groups is 6. The molecule has 12 nitrogen and oxygen atoms in total. The molecule has 0 bridgehead atoms. The van der Waals surface area contributed by atoms with E-state index in [9.17, 15) is 35.4 Å². The number of benzene rings is 1. The normalized spacial score (nSPS) is 38.7. The van der Waals surface area contributed by atoms with Gasteiger partial charge in [-0.15, -0.1) is 0 Å². The van der Waals surface area contributed by atoms with Gasteiger partial charge >= 0.3 is 5.63 Å². The summed E-state index contributed by atoms with van der Waals surface area (Å²) >= 11 is 0. The Hall–Kier alpha value is -2.13. The summed E-state index contributed by atoms with van der Waals surface area (Å²) in [5.74, 6) is 0.165. The van der Waals surface area contributed by atoms with Crippen molar-refractivity contribution >= 4 is 11.0 Å². The maximum absolute atomic E-state index is 11.7. The molecule has 2 aromatic rings. The van der Waals surface area contributed by atoms with Crippen LogP contribution < -0.4 is 10.4 Å². The minimum Gasteiger partial charge on any atom is -0.462 e. The van der Waals surface area contributed by atoms with Crippen LogP contribution in [0.15, 0.2) is 33.5 Å². The van der Waals surface area contributed by atoms with E-state index in [1.807, 2.05) is 0 Å².